The van der Waals surface area contributed by atoms with E-state index in [1.54, 1.807) is 21.7 Å². The number of nitrogens with zero attached hydrogens (tertiary/aromatic N) is 4. The van der Waals surface area contributed by atoms with E-state index in [2.05, 4.69) is 15.4 Å². The first-order valence-electron chi connectivity index (χ1n) is 9.11. The molecular formula is C20H17N5O3. The average molecular weight is 375 g/mol. The van der Waals surface area contributed by atoms with E-state index in [4.69, 9.17) is 0 Å². The zero-order valence-electron chi connectivity index (χ0n) is 15.2. The summed E-state index contributed by atoms with van der Waals surface area (Å²) < 4.78 is 1.72. The van der Waals surface area contributed by atoms with Crippen molar-refractivity contribution in [2.75, 3.05) is 0 Å². The Morgan fingerprint density at radius 3 is 2.79 bits per heavy atom. The van der Waals surface area contributed by atoms with Crippen molar-refractivity contribution in [1.82, 2.24) is 24.8 Å². The second kappa shape index (κ2) is 5.98. The largest absolute Gasteiger partial charge is 0.322 e. The highest BCUT2D eigenvalue weighted by Gasteiger charge is 2.40. The molecule has 2 aliphatic heterocycles. The van der Waals surface area contributed by atoms with Crippen molar-refractivity contribution in [3.63, 3.8) is 0 Å². The van der Waals surface area contributed by atoms with Gasteiger partial charge in [0.15, 0.2) is 5.65 Å². The number of rotatable bonds is 2. The minimum absolute atomic E-state index is 0.187. The number of aryl methyl sites for hydroxylation is 1. The Kier molecular flexibility index (Phi) is 3.55. The van der Waals surface area contributed by atoms with Crippen molar-refractivity contribution in [2.24, 2.45) is 0 Å². The SMILES string of the molecule is Cc1nn2cccnc2c1-c1cccc2c1CN(C1CCC(=O)NC1=O)C2=O. The van der Waals surface area contributed by atoms with Crippen LogP contribution in [-0.4, -0.2) is 43.3 Å². The van der Waals surface area contributed by atoms with Gasteiger partial charge in [0.2, 0.25) is 11.8 Å². The normalized spacial score (nSPS) is 19.2. The lowest BCUT2D eigenvalue weighted by Crippen LogP contribution is -2.52. The molecule has 0 spiro atoms. The molecule has 1 saturated heterocycles. The summed E-state index contributed by atoms with van der Waals surface area (Å²) in [6, 6.07) is 6.76. The molecule has 1 atom stereocenters. The van der Waals surface area contributed by atoms with Crippen LogP contribution in [0, 0.1) is 6.92 Å². The molecule has 0 radical (unpaired) electrons. The van der Waals surface area contributed by atoms with Gasteiger partial charge in [-0.3, -0.25) is 19.7 Å². The number of amides is 3. The standard InChI is InChI=1S/C20H17N5O3/c1-11-17(18-21-8-3-9-25(18)23-11)12-4-2-5-13-14(12)10-24(20(13)28)15-6-7-16(26)22-19(15)27/h2-5,8-9,15H,6-7,10H2,1H3,(H,22,26,27). The van der Waals surface area contributed by atoms with Gasteiger partial charge in [-0.1, -0.05) is 12.1 Å². The van der Waals surface area contributed by atoms with E-state index in [0.717, 1.165) is 28.0 Å². The van der Waals surface area contributed by atoms with Crippen molar-refractivity contribution >= 4 is 23.4 Å². The predicted octanol–water partition coefficient (Wildman–Crippen LogP) is 1.47. The van der Waals surface area contributed by atoms with Crippen LogP contribution in [-0.2, 0) is 16.1 Å². The summed E-state index contributed by atoms with van der Waals surface area (Å²) >= 11 is 0. The zero-order valence-corrected chi connectivity index (χ0v) is 15.2. The van der Waals surface area contributed by atoms with E-state index in [-0.39, 0.29) is 18.2 Å². The predicted molar refractivity (Wildman–Crippen MR) is 99.2 cm³/mol. The van der Waals surface area contributed by atoms with Crippen molar-refractivity contribution in [3.8, 4) is 11.1 Å². The minimum atomic E-state index is -0.631. The van der Waals surface area contributed by atoms with Crippen LogP contribution in [0.4, 0.5) is 0 Å². The highest BCUT2D eigenvalue weighted by Crippen LogP contribution is 2.37. The summed E-state index contributed by atoms with van der Waals surface area (Å²) in [6.45, 7) is 2.23. The highest BCUT2D eigenvalue weighted by molar-refractivity contribution is 6.06. The molecule has 2 aliphatic rings. The number of fused-ring (bicyclic) bond motifs is 2. The van der Waals surface area contributed by atoms with Gasteiger partial charge in [-0.05, 0) is 36.6 Å². The van der Waals surface area contributed by atoms with Crippen LogP contribution in [0.1, 0.15) is 34.5 Å². The molecular weight excluding hydrogens is 358 g/mol. The molecule has 1 unspecified atom stereocenters. The molecule has 3 amide bonds. The molecule has 5 rings (SSSR count). The number of carbonyl (C=O) groups is 3. The molecule has 0 saturated carbocycles. The van der Waals surface area contributed by atoms with E-state index < -0.39 is 11.9 Å². The van der Waals surface area contributed by atoms with Crippen LogP contribution in [0.25, 0.3) is 16.8 Å². The van der Waals surface area contributed by atoms with Gasteiger partial charge < -0.3 is 4.90 Å². The third-order valence-corrected chi connectivity index (χ3v) is 5.42. The minimum Gasteiger partial charge on any atom is -0.322 e. The fraction of sp³-hybridized carbons (Fsp3) is 0.250. The highest BCUT2D eigenvalue weighted by atomic mass is 16.2. The molecule has 8 nitrogen and oxygen atoms in total. The van der Waals surface area contributed by atoms with Gasteiger partial charge in [-0.2, -0.15) is 5.10 Å². The Hall–Kier alpha value is -3.55. The molecule has 0 bridgehead atoms. The first kappa shape index (κ1) is 16.6. The number of nitrogens with one attached hydrogen (secondary N) is 1. The fourth-order valence-corrected chi connectivity index (χ4v) is 4.13. The van der Waals surface area contributed by atoms with Gasteiger partial charge in [0.25, 0.3) is 5.91 Å². The number of carbonyl (C=O) groups excluding carboxylic acids is 3. The van der Waals surface area contributed by atoms with Crippen molar-refractivity contribution in [1.29, 1.82) is 0 Å². The van der Waals surface area contributed by atoms with E-state index in [1.807, 2.05) is 31.3 Å². The number of imide groups is 1. The van der Waals surface area contributed by atoms with Gasteiger partial charge in [0.1, 0.15) is 6.04 Å². The molecule has 1 aromatic carbocycles. The van der Waals surface area contributed by atoms with Gasteiger partial charge in [0, 0.05) is 36.5 Å². The van der Waals surface area contributed by atoms with Crippen LogP contribution in [0.5, 0.6) is 0 Å². The maximum atomic E-state index is 13.0. The molecule has 28 heavy (non-hydrogen) atoms. The first-order chi connectivity index (χ1) is 13.5. The molecule has 1 N–H and O–H groups in total. The van der Waals surface area contributed by atoms with Gasteiger partial charge in [-0.15, -0.1) is 0 Å². The monoisotopic (exact) mass is 375 g/mol. The zero-order chi connectivity index (χ0) is 19.4. The lowest BCUT2D eigenvalue weighted by atomic mass is 9.97. The Morgan fingerprint density at radius 1 is 1.14 bits per heavy atom. The Balaban J connectivity index is 1.60. The van der Waals surface area contributed by atoms with Gasteiger partial charge in [0.05, 0.1) is 5.69 Å². The smallest absolute Gasteiger partial charge is 0.255 e. The van der Waals surface area contributed by atoms with E-state index in [1.165, 1.54) is 0 Å². The van der Waals surface area contributed by atoms with Crippen LogP contribution in [0.2, 0.25) is 0 Å². The molecule has 2 aromatic heterocycles. The summed E-state index contributed by atoms with van der Waals surface area (Å²) in [5.74, 6) is -0.889. The maximum absolute atomic E-state index is 13.0. The maximum Gasteiger partial charge on any atom is 0.255 e. The third-order valence-electron chi connectivity index (χ3n) is 5.42. The average Bonchev–Trinajstić information content (AvgIpc) is 3.18. The van der Waals surface area contributed by atoms with E-state index >= 15 is 0 Å². The van der Waals surface area contributed by atoms with Crippen molar-refractivity contribution in [3.05, 3.63) is 53.5 Å². The molecule has 4 heterocycles. The summed E-state index contributed by atoms with van der Waals surface area (Å²) in [7, 11) is 0. The molecule has 1 fully saturated rings. The summed E-state index contributed by atoms with van der Waals surface area (Å²) in [4.78, 5) is 42.8. The Labute approximate surface area is 160 Å². The summed E-state index contributed by atoms with van der Waals surface area (Å²) in [5, 5.41) is 6.85. The molecule has 0 aliphatic carbocycles. The van der Waals surface area contributed by atoms with Gasteiger partial charge in [-0.25, -0.2) is 9.50 Å². The summed E-state index contributed by atoms with van der Waals surface area (Å²) in [5.41, 5.74) is 4.76. The topological polar surface area (TPSA) is 96.7 Å². The van der Waals surface area contributed by atoms with Crippen molar-refractivity contribution in [2.45, 2.75) is 32.4 Å². The Morgan fingerprint density at radius 2 is 1.96 bits per heavy atom. The van der Waals surface area contributed by atoms with E-state index in [9.17, 15) is 14.4 Å². The van der Waals surface area contributed by atoms with Crippen LogP contribution in [0.3, 0.4) is 0 Å². The van der Waals surface area contributed by atoms with Crippen LogP contribution < -0.4 is 5.32 Å². The molecule has 3 aromatic rings. The molecule has 140 valence electrons. The van der Waals surface area contributed by atoms with Crippen molar-refractivity contribution < 1.29 is 14.4 Å². The number of aromatic nitrogens is 3. The molecule has 8 heteroatoms. The lowest BCUT2D eigenvalue weighted by molar-refractivity contribution is -0.136. The Bertz CT molecular complexity index is 1170. The third kappa shape index (κ3) is 2.34. The lowest BCUT2D eigenvalue weighted by Gasteiger charge is -2.29. The number of hydrogen-bond acceptors (Lipinski definition) is 5. The van der Waals surface area contributed by atoms with Crippen LogP contribution in [0.15, 0.2) is 36.7 Å². The first-order valence-corrected chi connectivity index (χ1v) is 9.11. The summed E-state index contributed by atoms with van der Waals surface area (Å²) in [6.07, 6.45) is 4.13. The van der Waals surface area contributed by atoms with E-state index in [0.29, 0.717) is 18.5 Å². The number of piperidine rings is 1. The van der Waals surface area contributed by atoms with Crippen LogP contribution >= 0.6 is 0 Å². The van der Waals surface area contributed by atoms with Gasteiger partial charge >= 0.3 is 0 Å². The number of benzene rings is 1. The second-order valence-electron chi connectivity index (χ2n) is 7.08. The quantitative estimate of drug-likeness (QED) is 0.684. The second-order valence-corrected chi connectivity index (χ2v) is 7.08. The fourth-order valence-electron chi connectivity index (χ4n) is 4.13. The number of hydrogen-bond donors (Lipinski definition) is 1.